The van der Waals surface area contributed by atoms with Gasteiger partial charge in [0, 0.05) is 32.6 Å². The lowest BCUT2D eigenvalue weighted by Gasteiger charge is -2.33. The number of hydrogen-bond donors (Lipinski definition) is 1. The second kappa shape index (κ2) is 16.9. The van der Waals surface area contributed by atoms with E-state index in [1.54, 1.807) is 19.1 Å². The normalized spacial score (nSPS) is 32.7. The molecule has 10 unspecified atom stereocenters. The van der Waals surface area contributed by atoms with Crippen molar-refractivity contribution < 1.29 is 48.0 Å². The van der Waals surface area contributed by atoms with Crippen LogP contribution in [-0.2, 0) is 42.9 Å². The smallest absolute Gasteiger partial charge is 0.310 e. The summed E-state index contributed by atoms with van der Waals surface area (Å²) in [6.45, 7) is 15.4. The summed E-state index contributed by atoms with van der Waals surface area (Å²) >= 11 is 0. The second-order valence-corrected chi connectivity index (χ2v) is 12.6. The molecule has 2 aliphatic rings. The van der Waals surface area contributed by atoms with Gasteiger partial charge in [0.1, 0.15) is 30.0 Å². The molecule has 0 aromatic heterocycles. The van der Waals surface area contributed by atoms with Gasteiger partial charge < -0.3 is 28.8 Å². The fraction of sp³-hybridized carbons (Fsp3) is 0.706. The number of carbonyl (C=O) groups excluding carboxylic acids is 4. The Morgan fingerprint density at radius 3 is 2.34 bits per heavy atom. The van der Waals surface area contributed by atoms with Crippen molar-refractivity contribution in [2.45, 2.75) is 137 Å². The average molecular weight is 621 g/mol. The fourth-order valence-corrected chi connectivity index (χ4v) is 5.69. The number of esters is 4. The first-order valence-electron chi connectivity index (χ1n) is 15.7. The van der Waals surface area contributed by atoms with Gasteiger partial charge in [-0.2, -0.15) is 0 Å². The quantitative estimate of drug-likeness (QED) is 0.108. The van der Waals surface area contributed by atoms with Gasteiger partial charge in [-0.25, -0.2) is 0 Å². The van der Waals surface area contributed by atoms with Crippen LogP contribution in [0.15, 0.2) is 36.0 Å². The maximum atomic E-state index is 13.0. The van der Waals surface area contributed by atoms with Crippen LogP contribution in [0.4, 0.5) is 0 Å². The summed E-state index contributed by atoms with van der Waals surface area (Å²) in [6.07, 6.45) is 8.59. The molecule has 2 rings (SSSR count). The maximum absolute atomic E-state index is 13.0. The Kier molecular flexibility index (Phi) is 14.3. The zero-order valence-electron chi connectivity index (χ0n) is 27.7. The molecule has 0 aromatic carbocycles. The molecule has 10 atom stereocenters. The largest absolute Gasteiger partial charge is 0.462 e. The number of carbonyl (C=O) groups is 4. The third-order valence-corrected chi connectivity index (χ3v) is 8.23. The van der Waals surface area contributed by atoms with Crippen LogP contribution in [-0.4, -0.2) is 71.2 Å². The van der Waals surface area contributed by atoms with E-state index in [9.17, 15) is 24.3 Å². The Morgan fingerprint density at radius 2 is 1.75 bits per heavy atom. The maximum Gasteiger partial charge on any atom is 0.310 e. The third kappa shape index (κ3) is 12.2. The van der Waals surface area contributed by atoms with Gasteiger partial charge >= 0.3 is 23.9 Å². The summed E-state index contributed by atoms with van der Waals surface area (Å²) in [4.78, 5) is 47.9. The molecule has 0 saturated carbocycles. The van der Waals surface area contributed by atoms with Gasteiger partial charge in [0.25, 0.3) is 0 Å². The molecule has 0 spiro atoms. The molecular formula is C34H52O10. The Morgan fingerprint density at radius 1 is 1.09 bits per heavy atom. The highest BCUT2D eigenvalue weighted by Crippen LogP contribution is 2.37. The number of hydrogen-bond acceptors (Lipinski definition) is 10. The van der Waals surface area contributed by atoms with Crippen LogP contribution in [0.5, 0.6) is 0 Å². The van der Waals surface area contributed by atoms with E-state index in [2.05, 4.69) is 19.9 Å². The topological polar surface area (TPSA) is 138 Å². The van der Waals surface area contributed by atoms with Gasteiger partial charge in [-0.05, 0) is 57.1 Å². The van der Waals surface area contributed by atoms with E-state index in [-0.39, 0.29) is 61.3 Å². The van der Waals surface area contributed by atoms with Gasteiger partial charge in [0.15, 0.2) is 0 Å². The van der Waals surface area contributed by atoms with Crippen molar-refractivity contribution in [1.29, 1.82) is 0 Å². The minimum atomic E-state index is -1.46. The number of cyclic esters (lactones) is 1. The number of epoxide rings is 1. The average Bonchev–Trinajstić information content (AvgIpc) is 3.68. The fourth-order valence-electron chi connectivity index (χ4n) is 5.69. The van der Waals surface area contributed by atoms with Gasteiger partial charge in [0.05, 0.1) is 18.6 Å². The summed E-state index contributed by atoms with van der Waals surface area (Å²) in [6, 6.07) is 0. The van der Waals surface area contributed by atoms with Gasteiger partial charge in [-0.3, -0.25) is 19.2 Å². The molecule has 1 N–H and O–H groups in total. The number of rotatable bonds is 11. The number of allylic oxidation sites excluding steroid dienone is 3. The minimum Gasteiger partial charge on any atom is -0.462 e. The molecule has 0 aliphatic carbocycles. The van der Waals surface area contributed by atoms with Crippen LogP contribution < -0.4 is 0 Å². The predicted octanol–water partition coefficient (Wildman–Crippen LogP) is 5.16. The van der Waals surface area contributed by atoms with E-state index >= 15 is 0 Å². The highest BCUT2D eigenvalue weighted by molar-refractivity contribution is 5.72. The highest BCUT2D eigenvalue weighted by atomic mass is 16.6. The molecule has 10 heteroatoms. The van der Waals surface area contributed by atoms with Crippen molar-refractivity contribution in [1.82, 2.24) is 0 Å². The summed E-state index contributed by atoms with van der Waals surface area (Å²) in [5.41, 5.74) is -0.667. The molecule has 0 amide bonds. The van der Waals surface area contributed by atoms with Crippen molar-refractivity contribution in [3.63, 3.8) is 0 Å². The van der Waals surface area contributed by atoms with Crippen molar-refractivity contribution >= 4 is 23.9 Å². The minimum absolute atomic E-state index is 0.0584. The summed E-state index contributed by atoms with van der Waals surface area (Å²) < 4.78 is 28.0. The van der Waals surface area contributed by atoms with E-state index in [0.29, 0.717) is 0 Å². The van der Waals surface area contributed by atoms with Gasteiger partial charge in [-0.15, -0.1) is 0 Å². The lowest BCUT2D eigenvalue weighted by molar-refractivity contribution is -0.160. The first kappa shape index (κ1) is 37.2. The lowest BCUT2D eigenvalue weighted by Crippen LogP contribution is -2.42. The molecule has 1 saturated heterocycles. The molecular weight excluding hydrogens is 568 g/mol. The first-order valence-corrected chi connectivity index (χ1v) is 15.7. The number of aliphatic hydroxyl groups is 1. The Balaban J connectivity index is 2.17. The summed E-state index contributed by atoms with van der Waals surface area (Å²) in [5, 5.41) is 11.2. The Bertz CT molecular complexity index is 1090. The molecule has 1 fully saturated rings. The van der Waals surface area contributed by atoms with Gasteiger partial charge in [-0.1, -0.05) is 52.0 Å². The third-order valence-electron chi connectivity index (χ3n) is 8.23. The van der Waals surface area contributed by atoms with E-state index in [4.69, 9.17) is 23.7 Å². The monoisotopic (exact) mass is 620 g/mol. The summed E-state index contributed by atoms with van der Waals surface area (Å²) in [7, 11) is 0. The molecule has 0 bridgehead atoms. The lowest BCUT2D eigenvalue weighted by atomic mass is 9.88. The van der Waals surface area contributed by atoms with E-state index in [0.717, 1.165) is 18.4 Å². The first-order chi connectivity index (χ1) is 20.5. The highest BCUT2D eigenvalue weighted by Gasteiger charge is 2.46. The Hall–Kier alpha value is -2.98. The van der Waals surface area contributed by atoms with Crippen LogP contribution in [0.25, 0.3) is 0 Å². The van der Waals surface area contributed by atoms with Crippen LogP contribution in [0, 0.1) is 17.8 Å². The second-order valence-electron chi connectivity index (χ2n) is 12.6. The molecule has 248 valence electrons. The standard InChI is InChI=1S/C34H52O10/c1-10-28(41-25(7)36)23(5)33-29(43-33)18-20(2)12-11-13-21(3)32-22(4)14-15-30(42-26(8)37)34(9,39)17-16-27(40-24(6)35)19-31(38)44-32/h11-15,20,22-23,27-30,32-33,39H,10,16-19H2,1-9H3/b12-11+,15-14-,21-13+. The number of ether oxygens (including phenoxy) is 5. The molecule has 0 radical (unpaired) electrons. The van der Waals surface area contributed by atoms with E-state index in [1.165, 1.54) is 20.8 Å². The van der Waals surface area contributed by atoms with Crippen molar-refractivity contribution in [2.75, 3.05) is 0 Å². The van der Waals surface area contributed by atoms with Crippen LogP contribution in [0.2, 0.25) is 0 Å². The van der Waals surface area contributed by atoms with Crippen molar-refractivity contribution in [2.24, 2.45) is 17.8 Å². The van der Waals surface area contributed by atoms with Gasteiger partial charge in [0.2, 0.25) is 0 Å². The Labute approximate surface area is 262 Å². The van der Waals surface area contributed by atoms with Crippen molar-refractivity contribution in [3.8, 4) is 0 Å². The molecule has 0 aromatic rings. The summed E-state index contributed by atoms with van der Waals surface area (Å²) in [5.74, 6) is -1.89. The van der Waals surface area contributed by atoms with E-state index in [1.807, 2.05) is 32.9 Å². The zero-order valence-corrected chi connectivity index (χ0v) is 27.7. The van der Waals surface area contributed by atoms with Crippen LogP contribution in [0.3, 0.4) is 0 Å². The molecule has 10 nitrogen and oxygen atoms in total. The van der Waals surface area contributed by atoms with Crippen LogP contribution >= 0.6 is 0 Å². The van der Waals surface area contributed by atoms with Crippen LogP contribution in [0.1, 0.15) is 94.4 Å². The zero-order chi connectivity index (χ0) is 33.2. The van der Waals surface area contributed by atoms with Crippen molar-refractivity contribution in [3.05, 3.63) is 36.0 Å². The molecule has 2 heterocycles. The molecule has 2 aliphatic heterocycles. The van der Waals surface area contributed by atoms with E-state index < -0.39 is 41.8 Å². The predicted molar refractivity (Wildman–Crippen MR) is 164 cm³/mol. The SMILES string of the molecule is CCC(OC(C)=O)C(C)C1OC1CC(C)/C=C/C=C(\C)C1OC(=O)CC(OC(C)=O)CCC(C)(O)C(OC(C)=O)/C=C\C1C. The molecule has 44 heavy (non-hydrogen) atoms.